The van der Waals surface area contributed by atoms with Crippen LogP contribution in [0.4, 0.5) is 0 Å². The molecule has 1 rings (SSSR count). The van der Waals surface area contributed by atoms with Crippen LogP contribution in [0.3, 0.4) is 0 Å². The number of carbonyl (C=O) groups is 1. The number of hydrogen-bond donors (Lipinski definition) is 0. The lowest BCUT2D eigenvalue weighted by atomic mass is 9.76. The molecular formula is C40H70N2O3. The second-order valence-electron chi connectivity index (χ2n) is 17.7. The van der Waals surface area contributed by atoms with Gasteiger partial charge >= 0.3 is 5.97 Å². The van der Waals surface area contributed by atoms with E-state index < -0.39 is 5.41 Å². The van der Waals surface area contributed by atoms with Gasteiger partial charge in [-0.25, -0.2) is 0 Å². The lowest BCUT2D eigenvalue weighted by Gasteiger charge is -2.52. The monoisotopic (exact) mass is 627 g/mol. The number of esters is 1. The fourth-order valence-electron chi connectivity index (χ4n) is 7.53. The van der Waals surface area contributed by atoms with E-state index in [0.29, 0.717) is 18.9 Å². The van der Waals surface area contributed by atoms with E-state index in [4.69, 9.17) is 9.47 Å². The topological polar surface area (TPSA) is 42.0 Å². The standard InChI is InChI=1S/C40H70N2O3/c1-19-40(16,26-25-31(2)3)42(18)37(10,11)30-39(14,15)45-38(12,13)29-36(8,9)41(17)35(6,7)28-34(4,5)33(43)44-27-32-23-21-20-22-24-32/h20-24,31H,19,27-30H2,1-18H3. The maximum absolute atomic E-state index is 13.2. The third kappa shape index (κ3) is 12.3. The summed E-state index contributed by atoms with van der Waals surface area (Å²) >= 11 is 0. The highest BCUT2D eigenvalue weighted by Gasteiger charge is 2.46. The Kier molecular flexibility index (Phi) is 13.6. The van der Waals surface area contributed by atoms with Crippen molar-refractivity contribution in [1.82, 2.24) is 9.80 Å². The molecule has 0 aliphatic rings. The van der Waals surface area contributed by atoms with Crippen LogP contribution in [-0.2, 0) is 20.9 Å². The summed E-state index contributed by atoms with van der Waals surface area (Å²) in [5.41, 5.74) is -1.21. The molecule has 0 radical (unpaired) electrons. The number of benzene rings is 1. The van der Waals surface area contributed by atoms with E-state index in [2.05, 4.69) is 133 Å². The molecule has 1 atom stereocenters. The zero-order valence-electron chi connectivity index (χ0n) is 32.6. The van der Waals surface area contributed by atoms with Gasteiger partial charge in [0, 0.05) is 22.5 Å². The summed E-state index contributed by atoms with van der Waals surface area (Å²) in [6.07, 6.45) is 3.30. The van der Waals surface area contributed by atoms with E-state index in [0.717, 1.165) is 24.8 Å². The molecule has 1 unspecified atom stereocenters. The molecule has 0 spiro atoms. The van der Waals surface area contributed by atoms with Crippen LogP contribution >= 0.6 is 0 Å². The minimum atomic E-state index is -0.638. The minimum Gasteiger partial charge on any atom is -0.460 e. The van der Waals surface area contributed by atoms with Crippen molar-refractivity contribution < 1.29 is 14.3 Å². The molecule has 258 valence electrons. The van der Waals surface area contributed by atoms with Crippen molar-refractivity contribution in [3.05, 3.63) is 35.9 Å². The number of ether oxygens (including phenoxy) is 2. The highest BCUT2D eigenvalue weighted by molar-refractivity contribution is 5.76. The molecule has 0 aliphatic carbocycles. The summed E-state index contributed by atoms with van der Waals surface area (Å²) in [4.78, 5) is 18.1. The zero-order chi connectivity index (χ0) is 35.3. The molecule has 1 aromatic carbocycles. The SMILES string of the molecule is CCC(C)(C#CC(C)C)N(C)C(C)(C)CC(C)(C)OC(C)(C)CC(C)(C)N(C)C(C)(C)CC(C)(C)C(=O)OCc1ccccc1. The van der Waals surface area contributed by atoms with Gasteiger partial charge in [0.1, 0.15) is 6.61 Å². The molecule has 0 saturated heterocycles. The van der Waals surface area contributed by atoms with Crippen LogP contribution in [0, 0.1) is 23.2 Å². The molecular weight excluding hydrogens is 556 g/mol. The van der Waals surface area contributed by atoms with Crippen LogP contribution in [0.5, 0.6) is 0 Å². The van der Waals surface area contributed by atoms with Crippen molar-refractivity contribution in [3.63, 3.8) is 0 Å². The first-order chi connectivity index (χ1) is 20.1. The van der Waals surface area contributed by atoms with E-state index in [-0.39, 0.29) is 39.3 Å². The summed E-state index contributed by atoms with van der Waals surface area (Å²) in [5, 5.41) is 0. The Bertz CT molecular complexity index is 1150. The normalized spacial score (nSPS) is 15.2. The van der Waals surface area contributed by atoms with Crippen molar-refractivity contribution in [2.45, 2.75) is 176 Å². The number of nitrogens with zero attached hydrogens (tertiary/aromatic N) is 2. The van der Waals surface area contributed by atoms with Gasteiger partial charge in [0.15, 0.2) is 0 Å². The van der Waals surface area contributed by atoms with Crippen LogP contribution in [0.25, 0.3) is 0 Å². The minimum absolute atomic E-state index is 0.134. The molecule has 0 saturated carbocycles. The summed E-state index contributed by atoms with van der Waals surface area (Å²) < 4.78 is 12.8. The lowest BCUT2D eigenvalue weighted by Crippen LogP contribution is -2.59. The molecule has 0 aliphatic heterocycles. The van der Waals surface area contributed by atoms with Gasteiger partial charge in [-0.2, -0.15) is 0 Å². The average Bonchev–Trinajstić information content (AvgIpc) is 2.87. The third-order valence-corrected chi connectivity index (χ3v) is 9.69. The van der Waals surface area contributed by atoms with Crippen molar-refractivity contribution >= 4 is 5.97 Å². The maximum Gasteiger partial charge on any atom is 0.311 e. The van der Waals surface area contributed by atoms with E-state index in [1.54, 1.807) is 0 Å². The second-order valence-corrected chi connectivity index (χ2v) is 17.7. The van der Waals surface area contributed by atoms with E-state index in [1.807, 2.05) is 44.2 Å². The van der Waals surface area contributed by atoms with Gasteiger partial charge in [-0.3, -0.25) is 14.6 Å². The quantitative estimate of drug-likeness (QED) is 0.135. The predicted molar refractivity (Wildman–Crippen MR) is 192 cm³/mol. The molecule has 45 heavy (non-hydrogen) atoms. The Morgan fingerprint density at radius 3 is 1.62 bits per heavy atom. The molecule has 0 N–H and O–H groups in total. The molecule has 5 heteroatoms. The van der Waals surface area contributed by atoms with Crippen molar-refractivity contribution in [1.29, 1.82) is 0 Å². The van der Waals surface area contributed by atoms with E-state index in [1.165, 1.54) is 0 Å². The Hall–Kier alpha value is -1.87. The molecule has 5 nitrogen and oxygen atoms in total. The largest absolute Gasteiger partial charge is 0.460 e. The van der Waals surface area contributed by atoms with Crippen LogP contribution in [0.2, 0.25) is 0 Å². The Morgan fingerprint density at radius 2 is 1.18 bits per heavy atom. The Labute approximate surface area is 279 Å². The first-order valence-corrected chi connectivity index (χ1v) is 17.0. The van der Waals surface area contributed by atoms with Gasteiger partial charge in [0.25, 0.3) is 0 Å². The highest BCUT2D eigenvalue weighted by atomic mass is 16.5. The smallest absolute Gasteiger partial charge is 0.311 e. The Morgan fingerprint density at radius 1 is 0.733 bits per heavy atom. The van der Waals surface area contributed by atoms with Crippen molar-refractivity contribution in [3.8, 4) is 11.8 Å². The number of carbonyl (C=O) groups excluding carboxylic acids is 1. The van der Waals surface area contributed by atoms with E-state index >= 15 is 0 Å². The summed E-state index contributed by atoms with van der Waals surface area (Å²) in [5.74, 6) is 7.18. The van der Waals surface area contributed by atoms with Crippen LogP contribution < -0.4 is 0 Å². The highest BCUT2D eigenvalue weighted by Crippen LogP contribution is 2.41. The van der Waals surface area contributed by atoms with Gasteiger partial charge in [0.05, 0.1) is 22.2 Å². The molecule has 1 aromatic rings. The van der Waals surface area contributed by atoms with Gasteiger partial charge in [-0.05, 0) is 135 Å². The summed E-state index contributed by atoms with van der Waals surface area (Å²) in [6, 6.07) is 9.86. The van der Waals surface area contributed by atoms with Crippen LogP contribution in [0.1, 0.15) is 142 Å². The molecule has 0 heterocycles. The van der Waals surface area contributed by atoms with Crippen molar-refractivity contribution in [2.24, 2.45) is 11.3 Å². The van der Waals surface area contributed by atoms with Gasteiger partial charge in [-0.15, -0.1) is 0 Å². The average molecular weight is 627 g/mol. The first kappa shape index (κ1) is 41.2. The first-order valence-electron chi connectivity index (χ1n) is 17.0. The number of hydrogen-bond acceptors (Lipinski definition) is 5. The van der Waals surface area contributed by atoms with Crippen molar-refractivity contribution in [2.75, 3.05) is 14.1 Å². The molecule has 0 bridgehead atoms. The third-order valence-electron chi connectivity index (χ3n) is 9.69. The molecule has 0 fully saturated rings. The predicted octanol–water partition coefficient (Wildman–Crippen LogP) is 9.53. The molecule has 0 amide bonds. The zero-order valence-corrected chi connectivity index (χ0v) is 32.6. The number of rotatable bonds is 16. The van der Waals surface area contributed by atoms with E-state index in [9.17, 15) is 4.79 Å². The Balaban J connectivity index is 3.02. The van der Waals surface area contributed by atoms with Crippen LogP contribution in [0.15, 0.2) is 30.3 Å². The summed E-state index contributed by atoms with van der Waals surface area (Å²) in [7, 11) is 4.38. The maximum atomic E-state index is 13.2. The lowest BCUT2D eigenvalue weighted by molar-refractivity contribution is -0.165. The van der Waals surface area contributed by atoms with Gasteiger partial charge in [-0.1, -0.05) is 62.9 Å². The second kappa shape index (κ2) is 14.9. The fourth-order valence-corrected chi connectivity index (χ4v) is 7.53. The van der Waals surface area contributed by atoms with Gasteiger partial charge in [0.2, 0.25) is 0 Å². The van der Waals surface area contributed by atoms with Crippen LogP contribution in [-0.4, -0.2) is 63.2 Å². The fraction of sp³-hybridized carbons (Fsp3) is 0.775. The van der Waals surface area contributed by atoms with Gasteiger partial charge < -0.3 is 9.47 Å². The summed E-state index contributed by atoms with van der Waals surface area (Å²) in [6.45, 7) is 35.6. The molecule has 0 aromatic heterocycles.